The van der Waals surface area contributed by atoms with Crippen molar-refractivity contribution in [1.29, 1.82) is 0 Å². The Labute approximate surface area is 97.4 Å². The average molecular weight is 279 g/mol. The molecule has 0 saturated carbocycles. The lowest BCUT2D eigenvalue weighted by Crippen LogP contribution is -2.21. The van der Waals surface area contributed by atoms with Crippen LogP contribution in [0.15, 0.2) is 10.7 Å². The summed E-state index contributed by atoms with van der Waals surface area (Å²) in [6.07, 6.45) is 2.71. The van der Waals surface area contributed by atoms with Gasteiger partial charge in [0.2, 0.25) is 0 Å². The SMILES string of the molecule is CCC(CCl)Nc1nc(C)ncc1Br. The van der Waals surface area contributed by atoms with Crippen molar-refractivity contribution >= 4 is 33.3 Å². The first kappa shape index (κ1) is 11.7. The second kappa shape index (κ2) is 5.51. The highest BCUT2D eigenvalue weighted by Crippen LogP contribution is 2.19. The van der Waals surface area contributed by atoms with E-state index < -0.39 is 0 Å². The third-order valence-electron chi connectivity index (χ3n) is 1.88. The molecule has 3 nitrogen and oxygen atoms in total. The number of aromatic nitrogens is 2. The third kappa shape index (κ3) is 3.10. The van der Waals surface area contributed by atoms with Crippen LogP contribution in [0.2, 0.25) is 0 Å². The van der Waals surface area contributed by atoms with Crippen molar-refractivity contribution in [2.24, 2.45) is 0 Å². The van der Waals surface area contributed by atoms with Crippen molar-refractivity contribution in [3.8, 4) is 0 Å². The average Bonchev–Trinajstić information content (AvgIpc) is 2.19. The molecule has 0 aromatic carbocycles. The topological polar surface area (TPSA) is 37.8 Å². The zero-order chi connectivity index (χ0) is 10.6. The van der Waals surface area contributed by atoms with Crippen molar-refractivity contribution in [1.82, 2.24) is 9.97 Å². The van der Waals surface area contributed by atoms with Gasteiger partial charge < -0.3 is 5.32 Å². The van der Waals surface area contributed by atoms with Gasteiger partial charge in [-0.2, -0.15) is 0 Å². The summed E-state index contributed by atoms with van der Waals surface area (Å²) in [4.78, 5) is 8.35. The van der Waals surface area contributed by atoms with Crippen LogP contribution in [0.4, 0.5) is 5.82 Å². The van der Waals surface area contributed by atoms with Crippen LogP contribution < -0.4 is 5.32 Å². The Morgan fingerprint density at radius 3 is 2.93 bits per heavy atom. The quantitative estimate of drug-likeness (QED) is 0.861. The highest BCUT2D eigenvalue weighted by molar-refractivity contribution is 9.10. The largest absolute Gasteiger partial charge is 0.365 e. The minimum Gasteiger partial charge on any atom is -0.365 e. The zero-order valence-electron chi connectivity index (χ0n) is 8.22. The number of halogens is 2. The van der Waals surface area contributed by atoms with E-state index in [0.29, 0.717) is 5.88 Å². The van der Waals surface area contributed by atoms with Crippen molar-refractivity contribution < 1.29 is 0 Å². The molecule has 14 heavy (non-hydrogen) atoms. The maximum absolute atomic E-state index is 5.79. The molecule has 0 aliphatic heterocycles. The molecule has 0 fully saturated rings. The molecule has 5 heteroatoms. The number of alkyl halides is 1. The number of hydrogen-bond acceptors (Lipinski definition) is 3. The van der Waals surface area contributed by atoms with Gasteiger partial charge >= 0.3 is 0 Å². The summed E-state index contributed by atoms with van der Waals surface area (Å²) in [5, 5.41) is 3.26. The molecule has 0 spiro atoms. The van der Waals surface area contributed by atoms with Gasteiger partial charge in [-0.3, -0.25) is 0 Å². The number of anilines is 1. The fourth-order valence-corrected chi connectivity index (χ4v) is 1.60. The Hall–Kier alpha value is -0.350. The van der Waals surface area contributed by atoms with Gasteiger partial charge in [0.25, 0.3) is 0 Å². The predicted molar refractivity (Wildman–Crippen MR) is 62.9 cm³/mol. The lowest BCUT2D eigenvalue weighted by atomic mass is 10.2. The van der Waals surface area contributed by atoms with Gasteiger partial charge in [0.1, 0.15) is 11.6 Å². The summed E-state index contributed by atoms with van der Waals surface area (Å²) >= 11 is 9.18. The molecule has 1 unspecified atom stereocenters. The summed E-state index contributed by atoms with van der Waals surface area (Å²) in [5.41, 5.74) is 0. The van der Waals surface area contributed by atoms with Crippen LogP contribution in [0.1, 0.15) is 19.2 Å². The number of nitrogens with zero attached hydrogens (tertiary/aromatic N) is 2. The molecule has 78 valence electrons. The van der Waals surface area contributed by atoms with E-state index in [9.17, 15) is 0 Å². The fraction of sp³-hybridized carbons (Fsp3) is 0.556. The summed E-state index contributed by atoms with van der Waals surface area (Å²) in [6, 6.07) is 0.252. The third-order valence-corrected chi connectivity index (χ3v) is 2.84. The highest BCUT2D eigenvalue weighted by atomic mass is 79.9. The van der Waals surface area contributed by atoms with Gasteiger partial charge in [0.15, 0.2) is 0 Å². The molecular weight excluding hydrogens is 265 g/mol. The monoisotopic (exact) mass is 277 g/mol. The van der Waals surface area contributed by atoms with Crippen LogP contribution in [0, 0.1) is 6.92 Å². The minimum atomic E-state index is 0.252. The van der Waals surface area contributed by atoms with Gasteiger partial charge in [-0.05, 0) is 29.3 Å². The highest BCUT2D eigenvalue weighted by Gasteiger charge is 2.08. The smallest absolute Gasteiger partial charge is 0.144 e. The van der Waals surface area contributed by atoms with Gasteiger partial charge in [-0.25, -0.2) is 9.97 Å². The maximum atomic E-state index is 5.79. The molecule has 0 radical (unpaired) electrons. The molecule has 1 heterocycles. The molecule has 0 saturated heterocycles. The van der Waals surface area contributed by atoms with Crippen LogP contribution in [0.5, 0.6) is 0 Å². The lowest BCUT2D eigenvalue weighted by Gasteiger charge is -2.15. The summed E-state index contributed by atoms with van der Waals surface area (Å²) in [7, 11) is 0. The van der Waals surface area contributed by atoms with Crippen LogP contribution in [0.25, 0.3) is 0 Å². The van der Waals surface area contributed by atoms with Gasteiger partial charge in [0.05, 0.1) is 4.47 Å². The first-order valence-corrected chi connectivity index (χ1v) is 5.81. The Morgan fingerprint density at radius 2 is 2.36 bits per heavy atom. The van der Waals surface area contributed by atoms with Crippen molar-refractivity contribution in [2.45, 2.75) is 26.3 Å². The molecule has 1 aromatic rings. The van der Waals surface area contributed by atoms with E-state index in [2.05, 4.69) is 38.1 Å². The van der Waals surface area contributed by atoms with Gasteiger partial charge in [-0.1, -0.05) is 6.92 Å². The Bertz CT molecular complexity index is 302. The van der Waals surface area contributed by atoms with E-state index in [1.54, 1.807) is 6.20 Å². The van der Waals surface area contributed by atoms with Crippen molar-refractivity contribution in [3.05, 3.63) is 16.5 Å². The van der Waals surface area contributed by atoms with Crippen molar-refractivity contribution in [3.63, 3.8) is 0 Å². The van der Waals surface area contributed by atoms with Crippen molar-refractivity contribution in [2.75, 3.05) is 11.2 Å². The molecule has 0 aliphatic carbocycles. The van der Waals surface area contributed by atoms with Crippen LogP contribution in [-0.2, 0) is 0 Å². The molecular formula is C9H13BrClN3. The van der Waals surface area contributed by atoms with Crippen LogP contribution in [-0.4, -0.2) is 21.9 Å². The number of nitrogens with one attached hydrogen (secondary N) is 1. The molecule has 1 aromatic heterocycles. The van der Waals surface area contributed by atoms with Crippen LogP contribution >= 0.6 is 27.5 Å². The Kier molecular flexibility index (Phi) is 4.62. The summed E-state index contributed by atoms with van der Waals surface area (Å²) in [6.45, 7) is 3.95. The van der Waals surface area contributed by atoms with Gasteiger partial charge in [-0.15, -0.1) is 11.6 Å². The Balaban J connectivity index is 2.79. The molecule has 0 amide bonds. The van der Waals surface area contributed by atoms with E-state index in [4.69, 9.17) is 11.6 Å². The first-order chi connectivity index (χ1) is 6.67. The first-order valence-electron chi connectivity index (χ1n) is 4.49. The number of aryl methyl sites for hydroxylation is 1. The second-order valence-corrected chi connectivity index (χ2v) is 4.18. The lowest BCUT2D eigenvalue weighted by molar-refractivity contribution is 0.762. The molecule has 0 aliphatic rings. The molecule has 1 N–H and O–H groups in total. The minimum absolute atomic E-state index is 0.252. The van der Waals surface area contributed by atoms with E-state index in [-0.39, 0.29) is 6.04 Å². The normalized spacial score (nSPS) is 12.6. The predicted octanol–water partition coefficient (Wildman–Crippen LogP) is 2.98. The summed E-state index contributed by atoms with van der Waals surface area (Å²) in [5.74, 6) is 2.14. The standard InChI is InChI=1S/C9H13BrClN3/c1-3-7(4-11)14-9-8(10)5-12-6(2)13-9/h5,7H,3-4H2,1-2H3,(H,12,13,14). The fourth-order valence-electron chi connectivity index (χ4n) is 1.000. The summed E-state index contributed by atoms with van der Waals surface area (Å²) < 4.78 is 0.867. The van der Waals surface area contributed by atoms with E-state index in [1.165, 1.54) is 0 Å². The second-order valence-electron chi connectivity index (χ2n) is 3.02. The van der Waals surface area contributed by atoms with Gasteiger partial charge in [0, 0.05) is 18.1 Å². The van der Waals surface area contributed by atoms with E-state index in [1.807, 2.05) is 6.92 Å². The molecule has 1 atom stereocenters. The Morgan fingerprint density at radius 1 is 1.64 bits per heavy atom. The number of rotatable bonds is 4. The van der Waals surface area contributed by atoms with Crippen LogP contribution in [0.3, 0.4) is 0 Å². The molecule has 1 rings (SSSR count). The number of hydrogen-bond donors (Lipinski definition) is 1. The maximum Gasteiger partial charge on any atom is 0.144 e. The zero-order valence-corrected chi connectivity index (χ0v) is 10.6. The van der Waals surface area contributed by atoms with E-state index in [0.717, 1.165) is 22.5 Å². The molecule has 0 bridgehead atoms. The van der Waals surface area contributed by atoms with E-state index >= 15 is 0 Å².